The van der Waals surface area contributed by atoms with Crippen molar-refractivity contribution in [3.05, 3.63) is 0 Å². The number of alkyl halides is 1. The number of carbonyl (C=O) groups is 1. The zero-order valence-electron chi connectivity index (χ0n) is 11.4. The molecule has 0 saturated heterocycles. The minimum Gasteiger partial charge on any atom is -0.479 e. The lowest BCUT2D eigenvalue weighted by Crippen LogP contribution is -2.50. The van der Waals surface area contributed by atoms with Crippen LogP contribution in [0, 0.1) is 0 Å². The number of carboxylic acid groups (broad SMARTS) is 1. The summed E-state index contributed by atoms with van der Waals surface area (Å²) in [6.45, 7) is 1.19. The summed E-state index contributed by atoms with van der Waals surface area (Å²) in [5.41, 5.74) is -0.921. The van der Waals surface area contributed by atoms with Gasteiger partial charge in [0.15, 0.2) is 6.10 Å². The molecule has 0 amide bonds. The Morgan fingerprint density at radius 2 is 1.80 bits per heavy atom. The molecule has 0 fully saturated rings. The molecular weight excluding hydrogens is 292 g/mol. The minimum absolute atomic E-state index is 0.407. The molecule has 0 aromatic rings. The zero-order valence-corrected chi connectivity index (χ0v) is 12.1. The Labute approximate surface area is 122 Å². The number of ether oxygens (including phenoxy) is 1. The first-order valence-corrected chi connectivity index (χ1v) is 6.96. The van der Waals surface area contributed by atoms with Gasteiger partial charge in [-0.2, -0.15) is 0 Å². The van der Waals surface area contributed by atoms with E-state index in [1.807, 2.05) is 6.92 Å². The predicted molar refractivity (Wildman–Crippen MR) is 71.4 cm³/mol. The number of aliphatic hydroxyl groups excluding tert-OH is 4. The largest absolute Gasteiger partial charge is 0.479 e. The molecule has 5 atom stereocenters. The van der Waals surface area contributed by atoms with Crippen LogP contribution in [0.4, 0.5) is 0 Å². The van der Waals surface area contributed by atoms with Gasteiger partial charge in [0.2, 0.25) is 0 Å². The van der Waals surface area contributed by atoms with Gasteiger partial charge in [0.05, 0.1) is 6.61 Å². The van der Waals surface area contributed by atoms with Gasteiger partial charge < -0.3 is 30.3 Å². The first-order valence-electron chi connectivity index (χ1n) is 6.52. The molecule has 8 heteroatoms. The van der Waals surface area contributed by atoms with Crippen LogP contribution in [0.1, 0.15) is 32.6 Å². The maximum absolute atomic E-state index is 11.0. The van der Waals surface area contributed by atoms with Gasteiger partial charge in [-0.15, -0.1) is 0 Å². The number of rotatable bonds is 11. The molecule has 0 heterocycles. The van der Waals surface area contributed by atoms with Crippen LogP contribution in [0.3, 0.4) is 0 Å². The van der Waals surface area contributed by atoms with Gasteiger partial charge in [-0.1, -0.05) is 31.4 Å². The van der Waals surface area contributed by atoms with Gasteiger partial charge in [0.25, 0.3) is 0 Å². The van der Waals surface area contributed by atoms with E-state index in [-0.39, 0.29) is 0 Å². The van der Waals surface area contributed by atoms with Gasteiger partial charge in [-0.25, -0.2) is 4.79 Å². The fourth-order valence-electron chi connectivity index (χ4n) is 1.58. The molecular formula is C12H23ClO7. The standard InChI is InChI=1S/C12H23ClO7/c1-2-3-4-5-8(13)20-11(12(18)19)10(17)9(16)7(15)6-14/h7-11,14-17H,2-6H2,1H3,(H,18,19)/t7-,8?,9-,10+,11-/m1/s1. The van der Waals surface area contributed by atoms with Crippen molar-refractivity contribution in [2.45, 2.75) is 62.6 Å². The van der Waals surface area contributed by atoms with E-state index in [0.29, 0.717) is 6.42 Å². The maximum Gasteiger partial charge on any atom is 0.335 e. The fourth-order valence-corrected chi connectivity index (χ4v) is 1.85. The van der Waals surface area contributed by atoms with E-state index in [1.165, 1.54) is 0 Å². The van der Waals surface area contributed by atoms with Gasteiger partial charge in [0.1, 0.15) is 23.9 Å². The van der Waals surface area contributed by atoms with Crippen LogP contribution in [0.2, 0.25) is 0 Å². The number of halogens is 1. The quantitative estimate of drug-likeness (QED) is 0.261. The van der Waals surface area contributed by atoms with E-state index in [1.54, 1.807) is 0 Å². The summed E-state index contributed by atoms with van der Waals surface area (Å²) >= 11 is 5.83. The van der Waals surface area contributed by atoms with Crippen LogP contribution in [0.25, 0.3) is 0 Å². The molecule has 20 heavy (non-hydrogen) atoms. The molecule has 1 unspecified atom stereocenters. The average molecular weight is 315 g/mol. The molecule has 0 radical (unpaired) electrons. The Morgan fingerprint density at radius 3 is 2.25 bits per heavy atom. The monoisotopic (exact) mass is 314 g/mol. The maximum atomic E-state index is 11.0. The average Bonchev–Trinajstić information content (AvgIpc) is 2.42. The van der Waals surface area contributed by atoms with Crippen molar-refractivity contribution in [1.29, 1.82) is 0 Å². The van der Waals surface area contributed by atoms with Crippen LogP contribution in [0.15, 0.2) is 0 Å². The predicted octanol–water partition coefficient (Wildman–Crippen LogP) is -0.324. The Balaban J connectivity index is 4.52. The van der Waals surface area contributed by atoms with Crippen molar-refractivity contribution < 1.29 is 35.1 Å². The van der Waals surface area contributed by atoms with Crippen molar-refractivity contribution in [1.82, 2.24) is 0 Å². The summed E-state index contributed by atoms with van der Waals surface area (Å²) < 4.78 is 5.00. The Bertz CT molecular complexity index is 277. The summed E-state index contributed by atoms with van der Waals surface area (Å²) in [5, 5.41) is 46.0. The highest BCUT2D eigenvalue weighted by atomic mass is 35.5. The highest BCUT2D eigenvalue weighted by Gasteiger charge is 2.37. The van der Waals surface area contributed by atoms with E-state index in [9.17, 15) is 20.1 Å². The molecule has 0 aromatic heterocycles. The number of aliphatic carboxylic acids is 1. The van der Waals surface area contributed by atoms with E-state index in [0.717, 1.165) is 19.3 Å². The van der Waals surface area contributed by atoms with Crippen LogP contribution >= 0.6 is 11.6 Å². The molecule has 0 spiro atoms. The normalized spacial score (nSPS) is 19.1. The highest BCUT2D eigenvalue weighted by Crippen LogP contribution is 2.17. The second-order valence-corrected chi connectivity index (χ2v) is 5.02. The summed E-state index contributed by atoms with van der Waals surface area (Å²) in [5.74, 6) is -1.51. The second-order valence-electron chi connectivity index (χ2n) is 4.53. The molecule has 7 nitrogen and oxygen atoms in total. The molecule has 0 saturated carbocycles. The number of hydrogen-bond acceptors (Lipinski definition) is 6. The van der Waals surface area contributed by atoms with Gasteiger partial charge >= 0.3 is 5.97 Å². The third-order valence-corrected chi connectivity index (χ3v) is 3.13. The molecule has 120 valence electrons. The van der Waals surface area contributed by atoms with Crippen molar-refractivity contribution >= 4 is 17.6 Å². The summed E-state index contributed by atoms with van der Waals surface area (Å²) in [4.78, 5) is 11.0. The number of carboxylic acids is 1. The van der Waals surface area contributed by atoms with Crippen molar-refractivity contribution in [2.24, 2.45) is 0 Å². The smallest absolute Gasteiger partial charge is 0.335 e. The van der Waals surface area contributed by atoms with Crippen LogP contribution in [-0.4, -0.2) is 68.1 Å². The van der Waals surface area contributed by atoms with Crippen LogP contribution in [0.5, 0.6) is 0 Å². The van der Waals surface area contributed by atoms with Crippen LogP contribution in [-0.2, 0) is 9.53 Å². The topological polar surface area (TPSA) is 127 Å². The third kappa shape index (κ3) is 6.83. The lowest BCUT2D eigenvalue weighted by Gasteiger charge is -2.27. The third-order valence-electron chi connectivity index (χ3n) is 2.81. The number of unbranched alkanes of at least 4 members (excludes halogenated alkanes) is 2. The molecule has 5 N–H and O–H groups in total. The highest BCUT2D eigenvalue weighted by molar-refractivity contribution is 6.19. The lowest BCUT2D eigenvalue weighted by molar-refractivity contribution is -0.175. The fraction of sp³-hybridized carbons (Fsp3) is 0.917. The summed E-state index contributed by atoms with van der Waals surface area (Å²) in [7, 11) is 0. The molecule has 0 bridgehead atoms. The van der Waals surface area contributed by atoms with Crippen LogP contribution < -0.4 is 0 Å². The zero-order chi connectivity index (χ0) is 15.7. The van der Waals surface area contributed by atoms with Crippen molar-refractivity contribution in [3.63, 3.8) is 0 Å². The first kappa shape index (κ1) is 19.6. The SMILES string of the molecule is CCCCCC(Cl)O[C@@H](C(=O)O)[C@@H](O)[C@H](O)[C@H](O)CO. The van der Waals surface area contributed by atoms with E-state index in [2.05, 4.69) is 0 Å². The lowest BCUT2D eigenvalue weighted by atomic mass is 10.0. The van der Waals surface area contributed by atoms with Gasteiger partial charge in [-0.05, 0) is 12.8 Å². The summed E-state index contributed by atoms with van der Waals surface area (Å²) in [6, 6.07) is 0. The van der Waals surface area contributed by atoms with Gasteiger partial charge in [0, 0.05) is 0 Å². The molecule has 0 aromatic carbocycles. The number of hydrogen-bond donors (Lipinski definition) is 5. The molecule has 0 aliphatic heterocycles. The Kier molecular flexibility index (Phi) is 10.1. The molecule has 0 aliphatic carbocycles. The Hall–Kier alpha value is -0.440. The molecule has 0 rings (SSSR count). The number of aliphatic hydroxyl groups is 4. The summed E-state index contributed by atoms with van der Waals surface area (Å²) in [6.07, 6.45) is -4.16. The van der Waals surface area contributed by atoms with E-state index < -0.39 is 42.6 Å². The van der Waals surface area contributed by atoms with E-state index in [4.69, 9.17) is 26.6 Å². The van der Waals surface area contributed by atoms with Gasteiger partial charge in [-0.3, -0.25) is 0 Å². The first-order chi connectivity index (χ1) is 9.34. The van der Waals surface area contributed by atoms with Crippen molar-refractivity contribution in [3.8, 4) is 0 Å². The minimum atomic E-state index is -1.90. The van der Waals surface area contributed by atoms with E-state index >= 15 is 0 Å². The Morgan fingerprint density at radius 1 is 1.20 bits per heavy atom. The van der Waals surface area contributed by atoms with Crippen molar-refractivity contribution in [2.75, 3.05) is 6.61 Å². The molecule has 0 aliphatic rings. The second kappa shape index (κ2) is 10.3.